The molecule has 0 bridgehead atoms. The fourth-order valence-corrected chi connectivity index (χ4v) is 3.65. The Hall–Kier alpha value is -4.05. The van der Waals surface area contributed by atoms with Crippen molar-refractivity contribution in [3.8, 4) is 28.9 Å². The first kappa shape index (κ1) is 29.9. The molecule has 3 aromatic heterocycles. The summed E-state index contributed by atoms with van der Waals surface area (Å²) in [5.41, 5.74) is -3.11. The molecule has 41 heavy (non-hydrogen) atoms. The van der Waals surface area contributed by atoms with E-state index in [9.17, 15) is 49.6 Å². The summed E-state index contributed by atoms with van der Waals surface area (Å²) < 4.78 is 126. The lowest BCUT2D eigenvalue weighted by Gasteiger charge is -2.21. The summed E-state index contributed by atoms with van der Waals surface area (Å²) in [5, 5.41) is 18.3. The monoisotopic (exact) mass is 617 g/mol. The van der Waals surface area contributed by atoms with Gasteiger partial charge in [-0.25, -0.2) is 23.5 Å². The van der Waals surface area contributed by atoms with E-state index >= 15 is 0 Å². The number of aryl methyl sites for hydroxylation is 1. The van der Waals surface area contributed by atoms with Gasteiger partial charge in [0.15, 0.2) is 11.4 Å². The quantitative estimate of drug-likeness (QED) is 0.281. The summed E-state index contributed by atoms with van der Waals surface area (Å²) in [4.78, 5) is 16.5. The number of carbonyl (C=O) groups excluding carboxylic acids is 1. The van der Waals surface area contributed by atoms with Crippen LogP contribution in [0.4, 0.5) is 39.5 Å². The van der Waals surface area contributed by atoms with Gasteiger partial charge in [0.25, 0.3) is 11.8 Å². The van der Waals surface area contributed by atoms with E-state index in [4.69, 9.17) is 11.6 Å². The Morgan fingerprint density at radius 2 is 1.83 bits per heavy atom. The predicted octanol–water partition coefficient (Wildman–Crippen LogP) is 4.93. The van der Waals surface area contributed by atoms with E-state index < -0.39 is 53.7 Å². The van der Waals surface area contributed by atoms with Gasteiger partial charge >= 0.3 is 25.0 Å². The number of amides is 1. The van der Waals surface area contributed by atoms with Crippen LogP contribution < -0.4 is 10.1 Å². The number of hydrogen-bond acceptors (Lipinski definition) is 7. The van der Waals surface area contributed by atoms with Crippen LogP contribution in [0.5, 0.6) is 5.88 Å². The maximum Gasteiger partial charge on any atom is 0.525 e. The first-order valence-electron chi connectivity index (χ1n) is 10.9. The Morgan fingerprint density at radius 1 is 1.17 bits per heavy atom. The van der Waals surface area contributed by atoms with E-state index in [2.05, 4.69) is 30.0 Å². The normalized spacial score (nSPS) is 15.8. The molecule has 1 aliphatic rings. The molecule has 220 valence electrons. The molecule has 0 radical (unpaired) electrons. The Kier molecular flexibility index (Phi) is 7.37. The largest absolute Gasteiger partial charge is 0.525 e. The second kappa shape index (κ2) is 10.1. The van der Waals surface area contributed by atoms with Gasteiger partial charge in [-0.2, -0.15) is 32.3 Å². The van der Waals surface area contributed by atoms with Gasteiger partial charge < -0.3 is 10.1 Å². The molecule has 4 rings (SSSR count). The fourth-order valence-electron chi connectivity index (χ4n) is 3.46. The summed E-state index contributed by atoms with van der Waals surface area (Å²) >= 11 is 5.99. The summed E-state index contributed by atoms with van der Waals surface area (Å²) in [6.07, 6.45) is -17.6. The average molecular weight is 618 g/mol. The molecule has 10 nitrogen and oxygen atoms in total. The molecule has 1 saturated carbocycles. The van der Waals surface area contributed by atoms with Crippen molar-refractivity contribution < 1.29 is 53.8 Å². The smallest absolute Gasteiger partial charge is 0.408 e. The highest BCUT2D eigenvalue weighted by Gasteiger charge is 2.53. The molecule has 1 atom stereocenters. The molecular weight excluding hydrogens is 605 g/mol. The van der Waals surface area contributed by atoms with Crippen molar-refractivity contribution >= 4 is 17.5 Å². The molecule has 3 heterocycles. The molecule has 0 aliphatic heterocycles. The first-order chi connectivity index (χ1) is 18.9. The Balaban J connectivity index is 1.68. The minimum absolute atomic E-state index is 0.0363. The highest BCUT2D eigenvalue weighted by atomic mass is 35.5. The average Bonchev–Trinajstić information content (AvgIpc) is 3.29. The van der Waals surface area contributed by atoms with E-state index in [1.807, 2.05) is 6.07 Å². The van der Waals surface area contributed by atoms with Crippen LogP contribution in [-0.2, 0) is 18.0 Å². The van der Waals surface area contributed by atoms with Gasteiger partial charge in [0.2, 0.25) is 0 Å². The maximum absolute atomic E-state index is 13.9. The van der Waals surface area contributed by atoms with Crippen LogP contribution in [-0.4, -0.2) is 54.8 Å². The van der Waals surface area contributed by atoms with Crippen molar-refractivity contribution in [3.63, 3.8) is 0 Å². The van der Waals surface area contributed by atoms with Crippen molar-refractivity contribution in [1.82, 2.24) is 29.9 Å². The Labute approximate surface area is 227 Å². The van der Waals surface area contributed by atoms with Crippen molar-refractivity contribution in [2.45, 2.75) is 43.4 Å². The van der Waals surface area contributed by atoms with Gasteiger partial charge in [-0.05, 0) is 18.9 Å². The van der Waals surface area contributed by atoms with E-state index in [0.29, 0.717) is 22.2 Å². The Bertz CT molecular complexity index is 1520. The zero-order chi connectivity index (χ0) is 30.5. The number of rotatable bonds is 8. The topological polar surface area (TPSA) is 120 Å². The fraction of sp³-hybridized carbons (Fsp3) is 0.381. The van der Waals surface area contributed by atoms with Crippen LogP contribution in [0, 0.1) is 11.3 Å². The molecule has 1 unspecified atom stereocenters. The second-order valence-corrected chi connectivity index (χ2v) is 8.91. The zero-order valence-electron chi connectivity index (χ0n) is 20.0. The first-order valence-corrected chi connectivity index (χ1v) is 11.3. The predicted molar refractivity (Wildman–Crippen MR) is 116 cm³/mol. The van der Waals surface area contributed by atoms with E-state index in [0.717, 1.165) is 25.6 Å². The lowest BCUT2D eigenvalue weighted by molar-refractivity contribution is -0.411. The van der Waals surface area contributed by atoms with Crippen LogP contribution in [0.25, 0.3) is 16.9 Å². The number of ether oxygens (including phenoxy) is 2. The molecule has 0 spiro atoms. The van der Waals surface area contributed by atoms with Crippen molar-refractivity contribution in [3.05, 3.63) is 40.9 Å². The van der Waals surface area contributed by atoms with Crippen LogP contribution in [0.3, 0.4) is 0 Å². The summed E-state index contributed by atoms with van der Waals surface area (Å²) in [6, 6.07) is 3.16. The number of nitrogens with one attached hydrogen (secondary N) is 1. The van der Waals surface area contributed by atoms with E-state index in [1.165, 1.54) is 6.07 Å². The molecule has 1 amide bonds. The number of pyridine rings is 1. The molecule has 0 saturated heterocycles. The lowest BCUT2D eigenvalue weighted by Crippen LogP contribution is -2.41. The molecule has 1 N–H and O–H groups in total. The van der Waals surface area contributed by atoms with Crippen LogP contribution in [0.2, 0.25) is 5.15 Å². The number of nitriles is 1. The van der Waals surface area contributed by atoms with Crippen molar-refractivity contribution in [2.24, 2.45) is 7.05 Å². The van der Waals surface area contributed by atoms with Crippen LogP contribution in [0.1, 0.15) is 28.8 Å². The van der Waals surface area contributed by atoms with Crippen molar-refractivity contribution in [2.75, 3.05) is 0 Å². The number of hydrogen-bond donors (Lipinski definition) is 1. The molecular formula is C21H13ClF9N7O3. The van der Waals surface area contributed by atoms with Crippen LogP contribution >= 0.6 is 11.6 Å². The highest BCUT2D eigenvalue weighted by molar-refractivity contribution is 6.32. The highest BCUT2D eigenvalue weighted by Crippen LogP contribution is 2.43. The van der Waals surface area contributed by atoms with Crippen LogP contribution in [0.15, 0.2) is 24.7 Å². The third-order valence-corrected chi connectivity index (χ3v) is 5.84. The van der Waals surface area contributed by atoms with Gasteiger partial charge in [0, 0.05) is 30.6 Å². The standard InChI is InChI=1S/C21H13ClF9N7O3/c1-37-16(12(19(24,25)26)15(36-37)40-20(27,28)17(23)41-21(29,30)31)38-7-10(6-34-38)9-4-11(13(22)33-5-9)14(39)35-18(8-32)2-3-18/h4-7,17H,2-3H2,1H3,(H,35,39). The SMILES string of the molecule is Cn1nc(OC(F)(F)C(F)OC(F)(F)F)c(C(F)(F)F)c1-n1cc(-c2cnc(Cl)c(C(=O)NC3(C#N)CC3)c2)cn1. The van der Waals surface area contributed by atoms with Gasteiger partial charge in [-0.3, -0.25) is 4.79 Å². The van der Waals surface area contributed by atoms with Gasteiger partial charge in [-0.15, -0.1) is 18.3 Å². The Morgan fingerprint density at radius 3 is 2.39 bits per heavy atom. The summed E-state index contributed by atoms with van der Waals surface area (Å²) in [5.74, 6) is -3.76. The number of carbonyl (C=O) groups is 1. The van der Waals surface area contributed by atoms with Gasteiger partial charge in [0.05, 0.1) is 17.8 Å². The number of alkyl halides is 9. The minimum atomic E-state index is -5.90. The zero-order valence-corrected chi connectivity index (χ0v) is 20.7. The number of aromatic nitrogens is 5. The third kappa shape index (κ3) is 6.32. The molecule has 20 heteroatoms. The number of halogens is 10. The minimum Gasteiger partial charge on any atom is -0.408 e. The second-order valence-electron chi connectivity index (χ2n) is 8.55. The van der Waals surface area contributed by atoms with Gasteiger partial charge in [0.1, 0.15) is 10.7 Å². The summed E-state index contributed by atoms with van der Waals surface area (Å²) in [6.45, 7) is 0. The lowest BCUT2D eigenvalue weighted by atomic mass is 10.1. The third-order valence-electron chi connectivity index (χ3n) is 5.54. The summed E-state index contributed by atoms with van der Waals surface area (Å²) in [7, 11) is 0.839. The number of nitrogens with zero attached hydrogens (tertiary/aromatic N) is 6. The maximum atomic E-state index is 13.9. The molecule has 1 aliphatic carbocycles. The molecule has 0 aromatic carbocycles. The molecule has 1 fully saturated rings. The molecule has 3 aromatic rings. The van der Waals surface area contributed by atoms with Gasteiger partial charge in [-0.1, -0.05) is 11.6 Å². The van der Waals surface area contributed by atoms with E-state index in [-0.39, 0.29) is 21.8 Å². The van der Waals surface area contributed by atoms with Crippen molar-refractivity contribution in [1.29, 1.82) is 5.26 Å². The van der Waals surface area contributed by atoms with E-state index in [1.54, 1.807) is 0 Å².